The van der Waals surface area contributed by atoms with E-state index in [-0.39, 0.29) is 43.5 Å². The molecule has 3 aliphatic heterocycles. The molecule has 0 unspecified atom stereocenters. The molecule has 0 aliphatic carbocycles. The van der Waals surface area contributed by atoms with Gasteiger partial charge in [-0.05, 0) is 38.2 Å². The average Bonchev–Trinajstić information content (AvgIpc) is 3.12. The molecule has 0 aromatic rings. The van der Waals surface area contributed by atoms with Gasteiger partial charge < -0.3 is 14.6 Å². The van der Waals surface area contributed by atoms with Crippen molar-refractivity contribution in [3.8, 4) is 0 Å². The molecule has 0 spiro atoms. The highest BCUT2D eigenvalue weighted by Crippen LogP contribution is 2.34. The van der Waals surface area contributed by atoms with Crippen LogP contribution in [0.2, 0.25) is 0 Å². The van der Waals surface area contributed by atoms with E-state index in [2.05, 4.69) is 4.90 Å². The maximum absolute atomic E-state index is 12.5. The van der Waals surface area contributed by atoms with Crippen molar-refractivity contribution >= 4 is 24.3 Å². The Morgan fingerprint density at radius 2 is 2.12 bits per heavy atom. The van der Waals surface area contributed by atoms with Crippen LogP contribution in [0.1, 0.15) is 33.6 Å². The third-order valence-electron chi connectivity index (χ3n) is 5.55. The second-order valence-electron chi connectivity index (χ2n) is 7.09. The summed E-state index contributed by atoms with van der Waals surface area (Å²) in [6.07, 6.45) is 4.56. The van der Waals surface area contributed by atoms with Crippen molar-refractivity contribution in [3.63, 3.8) is 0 Å². The SMILES string of the molecule is C/C=C1/C[C@@H](C)[C@@](C)(O)C(=O)OCC2=CCN3CC[C@@H](OC1=O)[C@@H]23.Cl. The molecule has 6 nitrogen and oxygen atoms in total. The summed E-state index contributed by atoms with van der Waals surface area (Å²) in [4.78, 5) is 27.1. The highest BCUT2D eigenvalue weighted by atomic mass is 35.5. The van der Waals surface area contributed by atoms with Crippen LogP contribution in [-0.4, -0.2) is 59.4 Å². The molecule has 7 heteroatoms. The summed E-state index contributed by atoms with van der Waals surface area (Å²) in [5.74, 6) is -1.46. The molecule has 4 atom stereocenters. The number of carbonyl (C=O) groups excluding carboxylic acids is 2. The molecule has 3 aliphatic rings. The Balaban J connectivity index is 0.00000225. The molecule has 0 bridgehead atoms. The number of carbonyl (C=O) groups is 2. The molecular formula is C18H26ClNO5. The fraction of sp³-hybridized carbons (Fsp3) is 0.667. The Bertz CT molecular complexity index is 613. The lowest BCUT2D eigenvalue weighted by Gasteiger charge is -2.31. The zero-order chi connectivity index (χ0) is 17.5. The van der Waals surface area contributed by atoms with Gasteiger partial charge in [0.15, 0.2) is 5.60 Å². The maximum atomic E-state index is 12.5. The minimum absolute atomic E-state index is 0. The van der Waals surface area contributed by atoms with E-state index in [4.69, 9.17) is 9.47 Å². The van der Waals surface area contributed by atoms with Gasteiger partial charge in [0.05, 0.1) is 6.04 Å². The number of cyclic esters (lactones) is 1. The Kier molecular flexibility index (Phi) is 5.97. The van der Waals surface area contributed by atoms with Crippen LogP contribution in [0.15, 0.2) is 23.3 Å². The number of hydrogen-bond donors (Lipinski definition) is 1. The zero-order valence-corrected chi connectivity index (χ0v) is 15.7. The second-order valence-corrected chi connectivity index (χ2v) is 7.09. The predicted molar refractivity (Wildman–Crippen MR) is 94.3 cm³/mol. The maximum Gasteiger partial charge on any atom is 0.338 e. The topological polar surface area (TPSA) is 76.1 Å². The van der Waals surface area contributed by atoms with E-state index in [9.17, 15) is 14.7 Å². The number of halogens is 1. The van der Waals surface area contributed by atoms with Crippen LogP contribution in [0, 0.1) is 5.92 Å². The first kappa shape index (κ1) is 19.9. The Morgan fingerprint density at radius 1 is 1.40 bits per heavy atom. The fourth-order valence-electron chi connectivity index (χ4n) is 3.68. The van der Waals surface area contributed by atoms with Gasteiger partial charge in [-0.2, -0.15) is 0 Å². The summed E-state index contributed by atoms with van der Waals surface area (Å²) >= 11 is 0. The number of nitrogens with zero attached hydrogens (tertiary/aromatic N) is 1. The molecule has 1 N–H and O–H groups in total. The van der Waals surface area contributed by atoms with Gasteiger partial charge in [0.1, 0.15) is 12.7 Å². The van der Waals surface area contributed by atoms with E-state index >= 15 is 0 Å². The van der Waals surface area contributed by atoms with Crippen molar-refractivity contribution in [1.82, 2.24) is 4.90 Å². The summed E-state index contributed by atoms with van der Waals surface area (Å²) in [5.41, 5.74) is -0.218. The molecule has 3 heterocycles. The monoisotopic (exact) mass is 371 g/mol. The Labute approximate surface area is 154 Å². The van der Waals surface area contributed by atoms with Gasteiger partial charge in [-0.25, -0.2) is 9.59 Å². The largest absolute Gasteiger partial charge is 0.459 e. The minimum Gasteiger partial charge on any atom is -0.459 e. The third-order valence-corrected chi connectivity index (χ3v) is 5.55. The van der Waals surface area contributed by atoms with Gasteiger partial charge in [-0.15, -0.1) is 12.4 Å². The number of aliphatic hydroxyl groups is 1. The van der Waals surface area contributed by atoms with Gasteiger partial charge in [-0.1, -0.05) is 19.1 Å². The van der Waals surface area contributed by atoms with Gasteiger partial charge in [0, 0.05) is 18.7 Å². The molecule has 0 aromatic carbocycles. The quantitative estimate of drug-likeness (QED) is 0.396. The van der Waals surface area contributed by atoms with Crippen molar-refractivity contribution in [2.24, 2.45) is 5.92 Å². The summed E-state index contributed by atoms with van der Waals surface area (Å²) in [6.45, 7) is 6.71. The number of esters is 2. The highest BCUT2D eigenvalue weighted by molar-refractivity contribution is 5.89. The number of rotatable bonds is 0. The molecule has 2 fully saturated rings. The van der Waals surface area contributed by atoms with Crippen LogP contribution >= 0.6 is 12.4 Å². The standard InChI is InChI=1S/C18H25NO5.ClH/c1-4-12-9-11(2)18(3,22)17(21)23-10-13-5-7-19-8-6-14(15(13)19)24-16(12)20;/h4-5,11,14-15,22H,6-10H2,1-3H3;1H/b12-4-;/t11-,14-,15-,18-;/m1./s1. The van der Waals surface area contributed by atoms with Crippen LogP contribution < -0.4 is 0 Å². The van der Waals surface area contributed by atoms with Crippen molar-refractivity contribution in [2.75, 3.05) is 19.7 Å². The minimum atomic E-state index is -1.65. The van der Waals surface area contributed by atoms with E-state index in [1.807, 2.05) is 6.08 Å². The lowest BCUT2D eigenvalue weighted by molar-refractivity contribution is -0.169. The van der Waals surface area contributed by atoms with Crippen LogP contribution in [0.4, 0.5) is 0 Å². The molecule has 0 aromatic heterocycles. The molecule has 0 amide bonds. The molecule has 0 saturated carbocycles. The molecule has 0 radical (unpaired) electrons. The van der Waals surface area contributed by atoms with E-state index in [1.165, 1.54) is 6.92 Å². The molecule has 25 heavy (non-hydrogen) atoms. The van der Waals surface area contributed by atoms with Crippen molar-refractivity contribution in [2.45, 2.75) is 51.4 Å². The Hall–Kier alpha value is -1.37. The highest BCUT2D eigenvalue weighted by Gasteiger charge is 2.45. The van der Waals surface area contributed by atoms with E-state index in [1.54, 1.807) is 19.9 Å². The summed E-state index contributed by atoms with van der Waals surface area (Å²) in [7, 11) is 0. The van der Waals surface area contributed by atoms with Gasteiger partial charge >= 0.3 is 11.9 Å². The van der Waals surface area contributed by atoms with E-state index in [0.29, 0.717) is 5.57 Å². The van der Waals surface area contributed by atoms with Crippen molar-refractivity contribution < 1.29 is 24.2 Å². The van der Waals surface area contributed by atoms with Crippen molar-refractivity contribution in [1.29, 1.82) is 0 Å². The van der Waals surface area contributed by atoms with Crippen LogP contribution in [0.25, 0.3) is 0 Å². The first-order valence-corrected chi connectivity index (χ1v) is 8.53. The molecule has 3 rings (SSSR count). The zero-order valence-electron chi connectivity index (χ0n) is 14.9. The molecule has 2 saturated heterocycles. The van der Waals surface area contributed by atoms with Crippen LogP contribution in [-0.2, 0) is 19.1 Å². The first-order valence-electron chi connectivity index (χ1n) is 8.53. The predicted octanol–water partition coefficient (Wildman–Crippen LogP) is 1.61. The lowest BCUT2D eigenvalue weighted by Crippen LogP contribution is -2.45. The normalized spacial score (nSPS) is 38.0. The molecule has 140 valence electrons. The van der Waals surface area contributed by atoms with E-state index in [0.717, 1.165) is 25.1 Å². The van der Waals surface area contributed by atoms with Crippen LogP contribution in [0.3, 0.4) is 0 Å². The number of ether oxygens (including phenoxy) is 2. The van der Waals surface area contributed by atoms with E-state index < -0.39 is 17.5 Å². The van der Waals surface area contributed by atoms with Gasteiger partial charge in [-0.3, -0.25) is 4.90 Å². The van der Waals surface area contributed by atoms with Crippen molar-refractivity contribution in [3.05, 3.63) is 23.3 Å². The summed E-state index contributed by atoms with van der Waals surface area (Å²) < 4.78 is 11.2. The fourth-order valence-corrected chi connectivity index (χ4v) is 3.68. The Morgan fingerprint density at radius 3 is 2.80 bits per heavy atom. The third kappa shape index (κ3) is 3.61. The van der Waals surface area contributed by atoms with Gasteiger partial charge in [0.25, 0.3) is 0 Å². The van der Waals surface area contributed by atoms with Gasteiger partial charge in [0.2, 0.25) is 0 Å². The number of hydrogen-bond acceptors (Lipinski definition) is 6. The lowest BCUT2D eigenvalue weighted by atomic mass is 9.85. The summed E-state index contributed by atoms with van der Waals surface area (Å²) in [6, 6.07) is -0.0262. The molecular weight excluding hydrogens is 346 g/mol. The smallest absolute Gasteiger partial charge is 0.338 e. The second kappa shape index (κ2) is 7.48. The average molecular weight is 372 g/mol. The van der Waals surface area contributed by atoms with Crippen LogP contribution in [0.5, 0.6) is 0 Å². The first-order chi connectivity index (χ1) is 11.3. The summed E-state index contributed by atoms with van der Waals surface area (Å²) in [5, 5.41) is 10.6. The number of allylic oxidation sites excluding steroid dienone is 1.